The fourth-order valence-corrected chi connectivity index (χ4v) is 4.73. The molecule has 0 saturated heterocycles. The maximum atomic E-state index is 11.6. The van der Waals surface area contributed by atoms with E-state index in [-0.39, 0.29) is 5.91 Å². The number of rotatable bonds is 4. The fourth-order valence-electron chi connectivity index (χ4n) is 4.73. The monoisotopic (exact) mass is 248 g/mol. The molecule has 4 rings (SSSR count). The molecule has 4 aliphatic rings. The highest BCUT2D eigenvalue weighted by molar-refractivity contribution is 5.87. The Bertz CT molecular complexity index is 322. The number of allylic oxidation sites excluding steroid dienone is 1. The molecule has 4 fully saturated rings. The summed E-state index contributed by atoms with van der Waals surface area (Å²) in [6, 6.07) is 0. The Morgan fingerprint density at radius 2 is 1.72 bits per heavy atom. The topological polar surface area (TPSA) is 55.1 Å². The van der Waals surface area contributed by atoms with Crippen LogP contribution in [0.3, 0.4) is 0 Å². The molecule has 0 radical (unpaired) electrons. The summed E-state index contributed by atoms with van der Waals surface area (Å²) in [6.45, 7) is 1.09. The number of amides is 1. The van der Waals surface area contributed by atoms with E-state index < -0.39 is 0 Å². The highest BCUT2D eigenvalue weighted by Crippen LogP contribution is 2.56. The van der Waals surface area contributed by atoms with Crippen LogP contribution in [0.1, 0.15) is 32.1 Å². The van der Waals surface area contributed by atoms with Crippen molar-refractivity contribution in [3.05, 3.63) is 12.2 Å². The fraction of sp³-hybridized carbons (Fsp3) is 0.800. The Balaban J connectivity index is 1.60. The number of nitrogens with two attached hydrogens (primary N) is 1. The molecule has 0 atom stereocenters. The zero-order valence-corrected chi connectivity index (χ0v) is 11.0. The number of carbonyl (C=O) groups is 1. The Hall–Kier alpha value is -0.830. The summed E-state index contributed by atoms with van der Waals surface area (Å²) >= 11 is 0. The smallest absolute Gasteiger partial charge is 0.243 e. The van der Waals surface area contributed by atoms with E-state index in [1.807, 2.05) is 0 Å². The van der Waals surface area contributed by atoms with Crippen LogP contribution in [0, 0.1) is 29.6 Å². The van der Waals surface area contributed by atoms with Gasteiger partial charge in [-0.25, -0.2) is 0 Å². The van der Waals surface area contributed by atoms with Crippen LogP contribution in [0.4, 0.5) is 0 Å². The van der Waals surface area contributed by atoms with Gasteiger partial charge < -0.3 is 11.1 Å². The van der Waals surface area contributed by atoms with Gasteiger partial charge in [0.05, 0.1) is 0 Å². The summed E-state index contributed by atoms with van der Waals surface area (Å²) in [5, 5.41) is 2.80. The van der Waals surface area contributed by atoms with Crippen LogP contribution in [0.5, 0.6) is 0 Å². The van der Waals surface area contributed by atoms with Gasteiger partial charge in [0, 0.05) is 13.1 Å². The molecule has 0 aromatic rings. The summed E-state index contributed by atoms with van der Waals surface area (Å²) in [5.74, 6) is 4.42. The standard InChI is InChI=1S/C15H24N2O/c16-3-4-17-15(18)2-1-14-12-6-10-5-11(8-12)9-13(14)7-10/h1-2,10-14H,3-9,16H2,(H,17,18)/b2-1+. The van der Waals surface area contributed by atoms with Gasteiger partial charge in [-0.05, 0) is 67.8 Å². The first-order valence-corrected chi connectivity index (χ1v) is 7.42. The summed E-state index contributed by atoms with van der Waals surface area (Å²) in [7, 11) is 0. The second-order valence-electron chi connectivity index (χ2n) is 6.45. The molecular weight excluding hydrogens is 224 g/mol. The first-order chi connectivity index (χ1) is 8.76. The van der Waals surface area contributed by atoms with Gasteiger partial charge in [0.15, 0.2) is 0 Å². The molecule has 4 aliphatic carbocycles. The van der Waals surface area contributed by atoms with Gasteiger partial charge in [0.25, 0.3) is 0 Å². The second-order valence-corrected chi connectivity index (χ2v) is 6.45. The van der Waals surface area contributed by atoms with E-state index in [4.69, 9.17) is 5.73 Å². The molecule has 4 bridgehead atoms. The van der Waals surface area contributed by atoms with Crippen LogP contribution in [-0.2, 0) is 4.79 Å². The number of carbonyl (C=O) groups excluding carboxylic acids is 1. The predicted octanol–water partition coefficient (Wildman–Crippen LogP) is 1.69. The highest BCUT2D eigenvalue weighted by atomic mass is 16.1. The van der Waals surface area contributed by atoms with Crippen molar-refractivity contribution in [1.29, 1.82) is 0 Å². The van der Waals surface area contributed by atoms with Crippen molar-refractivity contribution in [3.8, 4) is 0 Å². The van der Waals surface area contributed by atoms with Crippen LogP contribution in [-0.4, -0.2) is 19.0 Å². The Labute approximate surface area is 109 Å². The van der Waals surface area contributed by atoms with Gasteiger partial charge in [-0.1, -0.05) is 6.08 Å². The van der Waals surface area contributed by atoms with Gasteiger partial charge in [-0.15, -0.1) is 0 Å². The molecule has 3 N–H and O–H groups in total. The number of hydrogen-bond donors (Lipinski definition) is 2. The van der Waals surface area contributed by atoms with Crippen molar-refractivity contribution < 1.29 is 4.79 Å². The molecule has 0 unspecified atom stereocenters. The maximum Gasteiger partial charge on any atom is 0.243 e. The predicted molar refractivity (Wildman–Crippen MR) is 71.7 cm³/mol. The normalized spacial score (nSPS) is 41.5. The minimum atomic E-state index is 0.0225. The third kappa shape index (κ3) is 2.33. The van der Waals surface area contributed by atoms with Crippen molar-refractivity contribution in [2.75, 3.05) is 13.1 Å². The molecule has 0 aromatic heterocycles. The quantitative estimate of drug-likeness (QED) is 0.744. The molecular formula is C15H24N2O. The minimum Gasteiger partial charge on any atom is -0.351 e. The van der Waals surface area contributed by atoms with E-state index in [2.05, 4.69) is 11.4 Å². The molecule has 100 valence electrons. The van der Waals surface area contributed by atoms with Gasteiger partial charge in [-0.2, -0.15) is 0 Å². The summed E-state index contributed by atoms with van der Waals surface area (Å²) < 4.78 is 0. The van der Waals surface area contributed by atoms with E-state index in [0.717, 1.165) is 23.7 Å². The molecule has 4 saturated carbocycles. The van der Waals surface area contributed by atoms with Crippen molar-refractivity contribution in [1.82, 2.24) is 5.32 Å². The number of hydrogen-bond acceptors (Lipinski definition) is 2. The van der Waals surface area contributed by atoms with Crippen LogP contribution in [0.25, 0.3) is 0 Å². The van der Waals surface area contributed by atoms with E-state index in [0.29, 0.717) is 19.0 Å². The Morgan fingerprint density at radius 3 is 2.28 bits per heavy atom. The van der Waals surface area contributed by atoms with Gasteiger partial charge in [0.2, 0.25) is 5.91 Å². The van der Waals surface area contributed by atoms with Crippen LogP contribution >= 0.6 is 0 Å². The minimum absolute atomic E-state index is 0.0225. The van der Waals surface area contributed by atoms with Crippen LogP contribution in [0.15, 0.2) is 12.2 Å². The largest absolute Gasteiger partial charge is 0.351 e. The molecule has 3 nitrogen and oxygen atoms in total. The van der Waals surface area contributed by atoms with Crippen molar-refractivity contribution in [2.24, 2.45) is 35.3 Å². The zero-order chi connectivity index (χ0) is 12.5. The zero-order valence-electron chi connectivity index (χ0n) is 11.0. The third-order valence-corrected chi connectivity index (χ3v) is 5.21. The lowest BCUT2D eigenvalue weighted by Gasteiger charge is -2.53. The Kier molecular flexibility index (Phi) is 3.42. The van der Waals surface area contributed by atoms with Crippen LogP contribution in [0.2, 0.25) is 0 Å². The van der Waals surface area contributed by atoms with E-state index in [1.165, 1.54) is 32.1 Å². The first kappa shape index (κ1) is 12.2. The first-order valence-electron chi connectivity index (χ1n) is 7.42. The average Bonchev–Trinajstić information content (AvgIpc) is 2.34. The maximum absolute atomic E-state index is 11.6. The molecule has 18 heavy (non-hydrogen) atoms. The lowest BCUT2D eigenvalue weighted by atomic mass is 9.52. The van der Waals surface area contributed by atoms with Gasteiger partial charge in [0.1, 0.15) is 0 Å². The third-order valence-electron chi connectivity index (χ3n) is 5.21. The van der Waals surface area contributed by atoms with Gasteiger partial charge >= 0.3 is 0 Å². The van der Waals surface area contributed by atoms with E-state index >= 15 is 0 Å². The molecule has 0 aliphatic heterocycles. The SMILES string of the molecule is NCCNC(=O)/C=C/C1C2CC3CC(C2)CC1C3. The molecule has 0 heterocycles. The lowest BCUT2D eigenvalue weighted by Crippen LogP contribution is -2.44. The summed E-state index contributed by atoms with van der Waals surface area (Å²) in [5.41, 5.74) is 5.37. The van der Waals surface area contributed by atoms with Gasteiger partial charge in [-0.3, -0.25) is 4.79 Å². The van der Waals surface area contributed by atoms with E-state index in [1.54, 1.807) is 6.08 Å². The van der Waals surface area contributed by atoms with Crippen LogP contribution < -0.4 is 11.1 Å². The molecule has 0 aromatic carbocycles. The van der Waals surface area contributed by atoms with E-state index in [9.17, 15) is 4.79 Å². The number of nitrogens with one attached hydrogen (secondary N) is 1. The molecule has 3 heteroatoms. The molecule has 0 spiro atoms. The lowest BCUT2D eigenvalue weighted by molar-refractivity contribution is -0.116. The Morgan fingerprint density at radius 1 is 1.11 bits per heavy atom. The second kappa shape index (κ2) is 5.04. The highest BCUT2D eigenvalue weighted by Gasteiger charge is 2.47. The average molecular weight is 248 g/mol. The van der Waals surface area contributed by atoms with Crippen molar-refractivity contribution in [3.63, 3.8) is 0 Å². The summed E-state index contributed by atoms with van der Waals surface area (Å²) in [4.78, 5) is 11.6. The molecule has 1 amide bonds. The van der Waals surface area contributed by atoms with Crippen molar-refractivity contribution in [2.45, 2.75) is 32.1 Å². The summed E-state index contributed by atoms with van der Waals surface area (Å²) in [6.07, 6.45) is 11.1. The van der Waals surface area contributed by atoms with Crippen molar-refractivity contribution >= 4 is 5.91 Å².